The standard InChI is InChI=1S/C38H68N4O13/c1-31(43)28-41-36(47)30-55-27-25-53-23-21-40-35(46)29-54-26-24-52-22-20-39-33(44)19-18-32(38(50)51)42-34(45)16-14-12-10-8-6-4-2-3-5-7-9-11-13-15-17-37(48)49/h32H,2-30H2,1H3,(H,39,44)(H,40,46)(H,41,47)(H,42,45)(H,48,49)(H,50,51)/t32-/m0/s1. The summed E-state index contributed by atoms with van der Waals surface area (Å²) in [5.41, 5.74) is 0. The predicted octanol–water partition coefficient (Wildman–Crippen LogP) is 2.67. The number of carboxylic acids is 2. The SMILES string of the molecule is CC(=O)CNC(=O)COCCOCCNC(=O)COCCOCCNC(=O)CC[C@H](NC(=O)CCCCCCCCCCCCCCCCC(=O)O)C(=O)O. The van der Waals surface area contributed by atoms with Crippen LogP contribution in [0.3, 0.4) is 0 Å². The van der Waals surface area contributed by atoms with Gasteiger partial charge in [-0.3, -0.25) is 28.8 Å². The largest absolute Gasteiger partial charge is 0.481 e. The molecule has 4 amide bonds. The van der Waals surface area contributed by atoms with Gasteiger partial charge in [-0.15, -0.1) is 0 Å². The van der Waals surface area contributed by atoms with Gasteiger partial charge in [-0.05, 0) is 26.2 Å². The Labute approximate surface area is 326 Å². The van der Waals surface area contributed by atoms with Crippen LogP contribution in [0, 0.1) is 0 Å². The summed E-state index contributed by atoms with van der Waals surface area (Å²) in [7, 11) is 0. The van der Waals surface area contributed by atoms with Gasteiger partial charge in [-0.1, -0.05) is 77.0 Å². The second-order valence-electron chi connectivity index (χ2n) is 13.3. The fraction of sp³-hybridized carbons (Fsp3) is 0.816. The molecule has 0 saturated heterocycles. The van der Waals surface area contributed by atoms with Crippen molar-refractivity contribution in [1.82, 2.24) is 21.3 Å². The molecule has 6 N–H and O–H groups in total. The molecule has 1 atom stereocenters. The summed E-state index contributed by atoms with van der Waals surface area (Å²) in [5.74, 6) is -3.45. The van der Waals surface area contributed by atoms with Crippen LogP contribution in [0.4, 0.5) is 0 Å². The van der Waals surface area contributed by atoms with E-state index in [9.17, 15) is 38.7 Å². The number of rotatable bonds is 40. The monoisotopic (exact) mass is 788 g/mol. The van der Waals surface area contributed by atoms with E-state index in [4.69, 9.17) is 24.1 Å². The fourth-order valence-electron chi connectivity index (χ4n) is 5.19. The van der Waals surface area contributed by atoms with Crippen LogP contribution in [0.5, 0.6) is 0 Å². The molecule has 17 heteroatoms. The van der Waals surface area contributed by atoms with E-state index in [0.29, 0.717) is 6.42 Å². The molecule has 0 rings (SSSR count). The highest BCUT2D eigenvalue weighted by Gasteiger charge is 2.20. The molecule has 0 unspecified atom stereocenters. The van der Waals surface area contributed by atoms with Crippen molar-refractivity contribution in [2.24, 2.45) is 0 Å². The number of ketones is 1. The molecule has 0 radical (unpaired) electrons. The molecule has 0 aliphatic rings. The molecule has 0 bridgehead atoms. The maximum atomic E-state index is 12.3. The number of hydrogen-bond donors (Lipinski definition) is 6. The Morgan fingerprint density at radius 1 is 0.473 bits per heavy atom. The van der Waals surface area contributed by atoms with E-state index in [0.717, 1.165) is 38.5 Å². The molecule has 0 aliphatic carbocycles. The summed E-state index contributed by atoms with van der Waals surface area (Å²) in [5, 5.41) is 28.3. The van der Waals surface area contributed by atoms with Gasteiger partial charge in [0.05, 0.1) is 46.2 Å². The van der Waals surface area contributed by atoms with Crippen LogP contribution in [0.15, 0.2) is 0 Å². The zero-order valence-electron chi connectivity index (χ0n) is 33.0. The molecule has 318 valence electrons. The van der Waals surface area contributed by atoms with Gasteiger partial charge in [0.25, 0.3) is 0 Å². The lowest BCUT2D eigenvalue weighted by atomic mass is 10.0. The van der Waals surface area contributed by atoms with Crippen molar-refractivity contribution in [1.29, 1.82) is 0 Å². The lowest BCUT2D eigenvalue weighted by Crippen LogP contribution is -2.41. The van der Waals surface area contributed by atoms with E-state index in [1.54, 1.807) is 0 Å². The van der Waals surface area contributed by atoms with Gasteiger partial charge in [0.15, 0.2) is 0 Å². The van der Waals surface area contributed by atoms with E-state index >= 15 is 0 Å². The highest BCUT2D eigenvalue weighted by Crippen LogP contribution is 2.14. The molecule has 0 spiro atoms. The third kappa shape index (κ3) is 38.4. The Balaban J connectivity index is 3.66. The number of carboxylic acid groups (broad SMARTS) is 2. The molecule has 0 saturated carbocycles. The summed E-state index contributed by atoms with van der Waals surface area (Å²) in [6.45, 7) is 2.71. The number of carbonyl (C=O) groups is 7. The third-order valence-electron chi connectivity index (χ3n) is 8.22. The van der Waals surface area contributed by atoms with Crippen molar-refractivity contribution < 1.29 is 62.7 Å². The number of Topliss-reactive ketones (excluding diaryl/α,β-unsaturated/α-hetero) is 1. The quantitative estimate of drug-likeness (QED) is 0.0490. The van der Waals surface area contributed by atoms with Crippen molar-refractivity contribution in [3.63, 3.8) is 0 Å². The Morgan fingerprint density at radius 2 is 0.891 bits per heavy atom. The number of hydrogen-bond acceptors (Lipinski definition) is 11. The summed E-state index contributed by atoms with van der Waals surface area (Å²) in [6.07, 6.45) is 15.5. The Morgan fingerprint density at radius 3 is 1.35 bits per heavy atom. The van der Waals surface area contributed by atoms with Crippen LogP contribution in [-0.4, -0.2) is 130 Å². The number of amides is 4. The molecule has 0 aromatic heterocycles. The third-order valence-corrected chi connectivity index (χ3v) is 8.22. The van der Waals surface area contributed by atoms with Gasteiger partial charge in [0.1, 0.15) is 25.0 Å². The van der Waals surface area contributed by atoms with Crippen molar-refractivity contribution in [2.75, 3.05) is 72.5 Å². The van der Waals surface area contributed by atoms with Crippen LogP contribution in [-0.2, 0) is 52.5 Å². The first-order valence-corrected chi connectivity index (χ1v) is 19.9. The van der Waals surface area contributed by atoms with Gasteiger partial charge >= 0.3 is 11.9 Å². The predicted molar refractivity (Wildman–Crippen MR) is 203 cm³/mol. The molecule has 17 nitrogen and oxygen atoms in total. The minimum atomic E-state index is -1.18. The minimum absolute atomic E-state index is 0.0267. The Hall–Kier alpha value is -3.67. The second kappa shape index (κ2) is 37.3. The smallest absolute Gasteiger partial charge is 0.326 e. The molecule has 0 aromatic carbocycles. The zero-order chi connectivity index (χ0) is 40.8. The average Bonchev–Trinajstić information content (AvgIpc) is 3.14. The first kappa shape index (κ1) is 51.3. The molecule has 0 aromatic rings. The zero-order valence-corrected chi connectivity index (χ0v) is 33.0. The molecule has 0 heterocycles. The average molecular weight is 789 g/mol. The molecule has 55 heavy (non-hydrogen) atoms. The van der Waals surface area contributed by atoms with Crippen molar-refractivity contribution >= 4 is 41.4 Å². The lowest BCUT2D eigenvalue weighted by molar-refractivity contribution is -0.142. The molecular weight excluding hydrogens is 720 g/mol. The van der Waals surface area contributed by atoms with Crippen LogP contribution in [0.25, 0.3) is 0 Å². The van der Waals surface area contributed by atoms with Crippen LogP contribution >= 0.6 is 0 Å². The van der Waals surface area contributed by atoms with E-state index in [-0.39, 0.29) is 128 Å². The number of carbonyl (C=O) groups excluding carboxylic acids is 5. The highest BCUT2D eigenvalue weighted by atomic mass is 16.5. The van der Waals surface area contributed by atoms with Gasteiger partial charge in [-0.2, -0.15) is 0 Å². The van der Waals surface area contributed by atoms with Crippen LogP contribution in [0.1, 0.15) is 122 Å². The van der Waals surface area contributed by atoms with Crippen molar-refractivity contribution in [3.05, 3.63) is 0 Å². The summed E-state index contributed by atoms with van der Waals surface area (Å²) < 4.78 is 21.0. The van der Waals surface area contributed by atoms with E-state index in [1.165, 1.54) is 51.9 Å². The van der Waals surface area contributed by atoms with E-state index in [2.05, 4.69) is 21.3 Å². The normalized spacial score (nSPS) is 11.4. The summed E-state index contributed by atoms with van der Waals surface area (Å²) in [6, 6.07) is -1.14. The maximum Gasteiger partial charge on any atom is 0.326 e. The van der Waals surface area contributed by atoms with Gasteiger partial charge in [0, 0.05) is 32.4 Å². The number of nitrogens with one attached hydrogen (secondary N) is 4. The Kier molecular flexibility index (Phi) is 34.8. The van der Waals surface area contributed by atoms with Gasteiger partial charge in [0.2, 0.25) is 23.6 Å². The number of ether oxygens (including phenoxy) is 4. The first-order valence-electron chi connectivity index (χ1n) is 19.9. The lowest BCUT2D eigenvalue weighted by Gasteiger charge is -2.14. The first-order chi connectivity index (χ1) is 26.5. The topological polar surface area (TPSA) is 245 Å². The maximum absolute atomic E-state index is 12.3. The highest BCUT2D eigenvalue weighted by molar-refractivity contribution is 5.85. The fourth-order valence-corrected chi connectivity index (χ4v) is 5.19. The summed E-state index contributed by atoms with van der Waals surface area (Å²) in [4.78, 5) is 80.5. The molecule has 0 fully saturated rings. The molecule has 0 aliphatic heterocycles. The van der Waals surface area contributed by atoms with Crippen LogP contribution < -0.4 is 21.3 Å². The number of unbranched alkanes of at least 4 members (excludes halogenated alkanes) is 13. The van der Waals surface area contributed by atoms with E-state index < -0.39 is 18.0 Å². The van der Waals surface area contributed by atoms with Gasteiger partial charge < -0.3 is 50.4 Å². The summed E-state index contributed by atoms with van der Waals surface area (Å²) >= 11 is 0. The molecular formula is C38H68N4O13. The Bertz CT molecular complexity index is 1080. The van der Waals surface area contributed by atoms with Gasteiger partial charge in [-0.25, -0.2) is 4.79 Å². The van der Waals surface area contributed by atoms with Crippen molar-refractivity contribution in [3.8, 4) is 0 Å². The minimum Gasteiger partial charge on any atom is -0.481 e. The van der Waals surface area contributed by atoms with Crippen LogP contribution in [0.2, 0.25) is 0 Å². The second-order valence-corrected chi connectivity index (χ2v) is 13.3. The van der Waals surface area contributed by atoms with Crippen molar-refractivity contribution in [2.45, 2.75) is 129 Å². The van der Waals surface area contributed by atoms with E-state index in [1.807, 2.05) is 0 Å². The number of aliphatic carboxylic acids is 2.